The zero-order valence-electron chi connectivity index (χ0n) is 7.57. The van der Waals surface area contributed by atoms with E-state index >= 15 is 0 Å². The molecule has 0 rings (SSSR count). The SMILES string of the molecule is CC(C)(C)S(=O)(=O)NCC(F)(F)F. The largest absolute Gasteiger partial charge is 0.402 e. The summed E-state index contributed by atoms with van der Waals surface area (Å²) < 4.78 is 57.4. The van der Waals surface area contributed by atoms with Crippen molar-refractivity contribution in [2.24, 2.45) is 0 Å². The smallest absolute Gasteiger partial charge is 0.212 e. The molecule has 0 amide bonds. The highest BCUT2D eigenvalue weighted by molar-refractivity contribution is 7.90. The van der Waals surface area contributed by atoms with Gasteiger partial charge in [0, 0.05) is 0 Å². The van der Waals surface area contributed by atoms with Gasteiger partial charge in [-0.15, -0.1) is 0 Å². The van der Waals surface area contributed by atoms with Gasteiger partial charge in [0.2, 0.25) is 10.0 Å². The fourth-order valence-electron chi connectivity index (χ4n) is 0.393. The van der Waals surface area contributed by atoms with Crippen molar-refractivity contribution in [2.45, 2.75) is 31.7 Å². The van der Waals surface area contributed by atoms with Gasteiger partial charge in [0.05, 0.1) is 4.75 Å². The van der Waals surface area contributed by atoms with E-state index in [1.165, 1.54) is 25.5 Å². The van der Waals surface area contributed by atoms with Crippen molar-refractivity contribution in [3.8, 4) is 0 Å². The van der Waals surface area contributed by atoms with Gasteiger partial charge in [-0.05, 0) is 20.8 Å². The second-order valence-corrected chi connectivity index (χ2v) is 6.07. The van der Waals surface area contributed by atoms with Crippen molar-refractivity contribution < 1.29 is 21.6 Å². The van der Waals surface area contributed by atoms with Gasteiger partial charge in [-0.3, -0.25) is 0 Å². The normalized spacial score (nSPS) is 14.6. The molecule has 0 aliphatic heterocycles. The Kier molecular flexibility index (Phi) is 3.37. The van der Waals surface area contributed by atoms with Crippen molar-refractivity contribution in [2.75, 3.05) is 6.54 Å². The molecule has 1 N–H and O–H groups in total. The van der Waals surface area contributed by atoms with E-state index in [1.54, 1.807) is 0 Å². The molecule has 0 bridgehead atoms. The molecule has 0 aliphatic rings. The van der Waals surface area contributed by atoms with Crippen LogP contribution in [0, 0.1) is 0 Å². The van der Waals surface area contributed by atoms with Gasteiger partial charge in [0.1, 0.15) is 6.54 Å². The Morgan fingerprint density at radius 3 is 1.77 bits per heavy atom. The van der Waals surface area contributed by atoms with Gasteiger partial charge in [0.15, 0.2) is 0 Å². The molecule has 7 heteroatoms. The van der Waals surface area contributed by atoms with Crippen LogP contribution in [0.25, 0.3) is 0 Å². The number of sulfonamides is 1. The molecule has 13 heavy (non-hydrogen) atoms. The number of hydrogen-bond donors (Lipinski definition) is 1. The highest BCUT2D eigenvalue weighted by atomic mass is 32.2. The van der Waals surface area contributed by atoms with Gasteiger partial charge < -0.3 is 0 Å². The standard InChI is InChI=1S/C6H12F3NO2S/c1-5(2,3)13(11,12)10-4-6(7,8)9/h10H,4H2,1-3H3. The molecule has 0 saturated carbocycles. The lowest BCUT2D eigenvalue weighted by Crippen LogP contribution is -2.43. The molecule has 0 fully saturated rings. The predicted octanol–water partition coefficient (Wildman–Crippen LogP) is 1.27. The van der Waals surface area contributed by atoms with Crippen molar-refractivity contribution in [3.63, 3.8) is 0 Å². The highest BCUT2D eigenvalue weighted by Crippen LogP contribution is 2.17. The summed E-state index contributed by atoms with van der Waals surface area (Å²) in [4.78, 5) is 0. The third-order valence-electron chi connectivity index (χ3n) is 1.27. The van der Waals surface area contributed by atoms with Crippen LogP contribution in [0.3, 0.4) is 0 Å². The molecular weight excluding hydrogens is 207 g/mol. The van der Waals surface area contributed by atoms with Crippen LogP contribution in [0.2, 0.25) is 0 Å². The average molecular weight is 219 g/mol. The molecule has 0 aliphatic carbocycles. The third kappa shape index (κ3) is 4.47. The minimum atomic E-state index is -4.52. The number of alkyl halides is 3. The van der Waals surface area contributed by atoms with Gasteiger partial charge in [0.25, 0.3) is 0 Å². The van der Waals surface area contributed by atoms with Gasteiger partial charge >= 0.3 is 6.18 Å². The monoisotopic (exact) mass is 219 g/mol. The second-order valence-electron chi connectivity index (χ2n) is 3.55. The predicted molar refractivity (Wildman–Crippen MR) is 42.7 cm³/mol. The van der Waals surface area contributed by atoms with Crippen molar-refractivity contribution in [3.05, 3.63) is 0 Å². The Labute approximate surface area is 75.4 Å². The first-order chi connectivity index (χ1) is 5.46. The minimum Gasteiger partial charge on any atom is -0.212 e. The van der Waals surface area contributed by atoms with Gasteiger partial charge in [-0.25, -0.2) is 13.1 Å². The van der Waals surface area contributed by atoms with Crippen molar-refractivity contribution in [1.29, 1.82) is 0 Å². The summed E-state index contributed by atoms with van der Waals surface area (Å²) in [5, 5.41) is 0. The van der Waals surface area contributed by atoms with Crippen LogP contribution in [-0.2, 0) is 10.0 Å². The lowest BCUT2D eigenvalue weighted by Gasteiger charge is -2.20. The number of hydrogen-bond acceptors (Lipinski definition) is 2. The lowest BCUT2D eigenvalue weighted by molar-refractivity contribution is -0.121. The molecular formula is C6H12F3NO2S. The molecule has 0 aromatic carbocycles. The number of rotatable bonds is 2. The summed E-state index contributed by atoms with van der Waals surface area (Å²) in [5.74, 6) is 0. The molecule has 0 atom stereocenters. The summed E-state index contributed by atoms with van der Waals surface area (Å²) in [6.45, 7) is 2.45. The molecule has 80 valence electrons. The third-order valence-corrected chi connectivity index (χ3v) is 3.41. The quantitative estimate of drug-likeness (QED) is 0.760. The summed E-state index contributed by atoms with van der Waals surface area (Å²) in [6, 6.07) is 0. The van der Waals surface area contributed by atoms with Crippen LogP contribution in [0.5, 0.6) is 0 Å². The molecule has 0 unspecified atom stereocenters. The molecule has 3 nitrogen and oxygen atoms in total. The zero-order valence-corrected chi connectivity index (χ0v) is 8.38. The van der Waals surface area contributed by atoms with Crippen LogP contribution in [0.15, 0.2) is 0 Å². The molecule has 0 radical (unpaired) electrons. The van der Waals surface area contributed by atoms with E-state index in [0.29, 0.717) is 0 Å². The molecule has 0 saturated heterocycles. The summed E-state index contributed by atoms with van der Waals surface area (Å²) in [6.07, 6.45) is -4.52. The fraction of sp³-hybridized carbons (Fsp3) is 1.00. The van der Waals surface area contributed by atoms with Crippen LogP contribution < -0.4 is 4.72 Å². The maximum atomic E-state index is 11.6. The first-order valence-electron chi connectivity index (χ1n) is 3.52. The van der Waals surface area contributed by atoms with E-state index in [4.69, 9.17) is 0 Å². The van der Waals surface area contributed by atoms with E-state index in [2.05, 4.69) is 0 Å². The van der Waals surface area contributed by atoms with E-state index in [1.807, 2.05) is 0 Å². The Bertz CT molecular complexity index is 263. The van der Waals surface area contributed by atoms with Crippen molar-refractivity contribution in [1.82, 2.24) is 4.72 Å². The fourth-order valence-corrected chi connectivity index (χ4v) is 1.18. The average Bonchev–Trinajstić information content (AvgIpc) is 1.79. The number of halogens is 3. The van der Waals surface area contributed by atoms with Crippen LogP contribution in [0.4, 0.5) is 13.2 Å². The van der Waals surface area contributed by atoms with Gasteiger partial charge in [-0.1, -0.05) is 0 Å². The van der Waals surface area contributed by atoms with Crippen molar-refractivity contribution >= 4 is 10.0 Å². The minimum absolute atomic E-state index is 1.22. The summed E-state index contributed by atoms with van der Waals surface area (Å²) in [7, 11) is -3.90. The Morgan fingerprint density at radius 1 is 1.15 bits per heavy atom. The maximum Gasteiger partial charge on any atom is 0.402 e. The summed E-state index contributed by atoms with van der Waals surface area (Å²) >= 11 is 0. The maximum absolute atomic E-state index is 11.6. The number of nitrogens with one attached hydrogen (secondary N) is 1. The Morgan fingerprint density at radius 2 is 1.54 bits per heavy atom. The topological polar surface area (TPSA) is 46.2 Å². The van der Waals surface area contributed by atoms with Crippen LogP contribution >= 0.6 is 0 Å². The molecule has 0 aromatic rings. The highest BCUT2D eigenvalue weighted by Gasteiger charge is 2.34. The Balaban J connectivity index is 4.40. The van der Waals surface area contributed by atoms with E-state index in [0.717, 1.165) is 0 Å². The lowest BCUT2D eigenvalue weighted by atomic mass is 10.3. The molecule has 0 aromatic heterocycles. The van der Waals surface area contributed by atoms with Crippen LogP contribution in [-0.4, -0.2) is 25.9 Å². The van der Waals surface area contributed by atoms with E-state index in [9.17, 15) is 21.6 Å². The molecule has 0 heterocycles. The van der Waals surface area contributed by atoms with E-state index in [-0.39, 0.29) is 0 Å². The van der Waals surface area contributed by atoms with Crippen LogP contribution in [0.1, 0.15) is 20.8 Å². The zero-order chi connectivity index (χ0) is 10.9. The molecule has 0 spiro atoms. The van der Waals surface area contributed by atoms with Gasteiger partial charge in [-0.2, -0.15) is 13.2 Å². The Hall–Kier alpha value is -0.300. The first-order valence-corrected chi connectivity index (χ1v) is 5.00. The van der Waals surface area contributed by atoms with E-state index < -0.39 is 27.5 Å². The first kappa shape index (κ1) is 12.7. The summed E-state index contributed by atoms with van der Waals surface area (Å²) in [5.41, 5.74) is 0. The second kappa shape index (κ2) is 3.45.